The minimum absolute atomic E-state index is 0.00807. The summed E-state index contributed by atoms with van der Waals surface area (Å²) < 4.78 is 28.6. The van der Waals surface area contributed by atoms with E-state index in [4.69, 9.17) is 15.2 Å². The molecular weight excluding hydrogens is 501 g/mol. The van der Waals surface area contributed by atoms with E-state index in [9.17, 15) is 4.79 Å². The number of likely N-dealkylation sites (tertiary alicyclic amines) is 1. The molecule has 10 nitrogen and oxygen atoms in total. The number of rotatable bonds is 3. The summed E-state index contributed by atoms with van der Waals surface area (Å²) in [6.07, 6.45) is 1.42. The fraction of sp³-hybridized carbons (Fsp3) is 0.571. The fourth-order valence-corrected chi connectivity index (χ4v) is 6.10. The van der Waals surface area contributed by atoms with E-state index >= 15 is 4.39 Å². The van der Waals surface area contributed by atoms with E-state index in [1.165, 1.54) is 4.90 Å². The van der Waals surface area contributed by atoms with Crippen LogP contribution >= 0.6 is 0 Å². The molecule has 11 heteroatoms. The normalized spacial score (nSPS) is 27.0. The highest BCUT2D eigenvalue weighted by Gasteiger charge is 2.49. The summed E-state index contributed by atoms with van der Waals surface area (Å²) in [5.74, 6) is 1.74. The summed E-state index contributed by atoms with van der Waals surface area (Å²) >= 11 is 0. The van der Waals surface area contributed by atoms with Gasteiger partial charge in [-0.3, -0.25) is 0 Å². The predicted molar refractivity (Wildman–Crippen MR) is 145 cm³/mol. The third-order valence-corrected chi connectivity index (χ3v) is 7.89. The number of anilines is 1. The number of aromatic nitrogens is 4. The lowest BCUT2D eigenvalue weighted by Crippen LogP contribution is -2.48. The molecular formula is C28H36FN7O3. The quantitative estimate of drug-likeness (QED) is 0.538. The summed E-state index contributed by atoms with van der Waals surface area (Å²) in [7, 11) is 0. The van der Waals surface area contributed by atoms with Crippen LogP contribution in [0.4, 0.5) is 15.0 Å². The minimum atomic E-state index is -1.21. The van der Waals surface area contributed by atoms with E-state index in [1.807, 2.05) is 59.0 Å². The number of benzene rings is 1. The molecule has 1 amide bonds. The average Bonchev–Trinajstić information content (AvgIpc) is 3.53. The van der Waals surface area contributed by atoms with Crippen molar-refractivity contribution in [2.75, 3.05) is 31.1 Å². The first-order valence-electron chi connectivity index (χ1n) is 13.5. The molecule has 0 spiro atoms. The number of alkyl halides is 1. The molecule has 2 aromatic heterocycles. The van der Waals surface area contributed by atoms with Gasteiger partial charge in [0.2, 0.25) is 0 Å². The van der Waals surface area contributed by atoms with Crippen LogP contribution in [-0.2, 0) is 9.47 Å². The average molecular weight is 538 g/mol. The number of carbonyl (C=O) groups excluding carboxylic acids is 1. The highest BCUT2D eigenvalue weighted by molar-refractivity contribution is 5.82. The van der Waals surface area contributed by atoms with E-state index < -0.39 is 23.6 Å². The van der Waals surface area contributed by atoms with Crippen molar-refractivity contribution in [3.05, 3.63) is 41.3 Å². The Morgan fingerprint density at radius 1 is 1.21 bits per heavy atom. The van der Waals surface area contributed by atoms with Gasteiger partial charge in [0.25, 0.3) is 0 Å². The van der Waals surface area contributed by atoms with Crippen molar-refractivity contribution in [2.45, 2.75) is 76.9 Å². The first-order chi connectivity index (χ1) is 18.4. The van der Waals surface area contributed by atoms with Gasteiger partial charge in [-0.15, -0.1) is 0 Å². The lowest BCUT2D eigenvalue weighted by atomic mass is 9.85. The molecule has 3 fully saturated rings. The zero-order valence-electron chi connectivity index (χ0n) is 23.1. The van der Waals surface area contributed by atoms with Gasteiger partial charge in [-0.25, -0.2) is 23.8 Å². The van der Waals surface area contributed by atoms with Gasteiger partial charge in [0.05, 0.1) is 37.5 Å². The molecule has 0 aliphatic carbocycles. The molecule has 3 aliphatic rings. The van der Waals surface area contributed by atoms with E-state index in [0.29, 0.717) is 37.8 Å². The molecule has 3 saturated heterocycles. The number of hydrogen-bond donors (Lipinski definition) is 1. The van der Waals surface area contributed by atoms with Crippen molar-refractivity contribution in [3.8, 4) is 5.82 Å². The highest BCUT2D eigenvalue weighted by Crippen LogP contribution is 2.38. The van der Waals surface area contributed by atoms with E-state index in [0.717, 1.165) is 34.3 Å². The van der Waals surface area contributed by atoms with Crippen LogP contribution in [0.1, 0.15) is 56.5 Å². The second-order valence-corrected chi connectivity index (χ2v) is 12.2. The van der Waals surface area contributed by atoms with Crippen LogP contribution in [0.2, 0.25) is 0 Å². The fourth-order valence-electron chi connectivity index (χ4n) is 6.10. The van der Waals surface area contributed by atoms with E-state index in [2.05, 4.69) is 20.0 Å². The lowest BCUT2D eigenvalue weighted by molar-refractivity contribution is 0.00679. The van der Waals surface area contributed by atoms with Crippen LogP contribution in [0.5, 0.6) is 0 Å². The van der Waals surface area contributed by atoms with Crippen LogP contribution in [-0.4, -0.2) is 80.5 Å². The summed E-state index contributed by atoms with van der Waals surface area (Å²) in [5.41, 5.74) is 7.88. The summed E-state index contributed by atoms with van der Waals surface area (Å²) in [6, 6.07) is 6.19. The number of carbonyl (C=O) groups is 1. The van der Waals surface area contributed by atoms with Crippen LogP contribution in [0.15, 0.2) is 24.4 Å². The number of piperidine rings is 1. The van der Waals surface area contributed by atoms with Crippen molar-refractivity contribution < 1.29 is 18.7 Å². The molecule has 208 valence electrons. The van der Waals surface area contributed by atoms with Crippen molar-refractivity contribution >= 4 is 22.8 Å². The second kappa shape index (κ2) is 9.12. The van der Waals surface area contributed by atoms with Crippen molar-refractivity contribution in [1.82, 2.24) is 24.6 Å². The largest absolute Gasteiger partial charge is 0.444 e. The number of aryl methyl sites for hydroxylation is 2. The van der Waals surface area contributed by atoms with Gasteiger partial charge in [0.1, 0.15) is 29.1 Å². The molecule has 1 aromatic carbocycles. The van der Waals surface area contributed by atoms with Gasteiger partial charge in [-0.05, 0) is 64.3 Å². The van der Waals surface area contributed by atoms with Crippen LogP contribution < -0.4 is 10.6 Å². The van der Waals surface area contributed by atoms with E-state index in [-0.39, 0.29) is 18.5 Å². The molecule has 5 heterocycles. The molecule has 4 atom stereocenters. The topological polar surface area (TPSA) is 112 Å². The number of nitrogens with zero attached hydrogens (tertiary/aromatic N) is 6. The summed E-state index contributed by atoms with van der Waals surface area (Å²) in [6.45, 7) is 10.9. The number of hydrogen-bond acceptors (Lipinski definition) is 8. The Hall–Kier alpha value is -3.31. The molecule has 4 unspecified atom stereocenters. The number of nitrogens with two attached hydrogens (primary N) is 1. The molecule has 2 N–H and O–H groups in total. The predicted octanol–water partition coefficient (Wildman–Crippen LogP) is 3.76. The third kappa shape index (κ3) is 4.82. The Balaban J connectivity index is 1.29. The maximum Gasteiger partial charge on any atom is 0.410 e. The van der Waals surface area contributed by atoms with Gasteiger partial charge in [0.15, 0.2) is 5.82 Å². The maximum absolute atomic E-state index is 15.6. The SMILES string of the molecule is Cc1nc(N2CC3(N)CC2CO3)cc(-n2ncc3cc(C)c(C4CCN(C(=O)OC(C)(C)C)CC4F)cc32)n1. The monoisotopic (exact) mass is 537 g/mol. The van der Waals surface area contributed by atoms with Crippen molar-refractivity contribution in [3.63, 3.8) is 0 Å². The lowest BCUT2D eigenvalue weighted by Gasteiger charge is -2.36. The maximum atomic E-state index is 15.6. The number of morpholine rings is 1. The van der Waals surface area contributed by atoms with Gasteiger partial charge >= 0.3 is 6.09 Å². The van der Waals surface area contributed by atoms with Gasteiger partial charge in [-0.2, -0.15) is 5.10 Å². The number of ether oxygens (including phenoxy) is 2. The highest BCUT2D eigenvalue weighted by atomic mass is 19.1. The summed E-state index contributed by atoms with van der Waals surface area (Å²) in [4.78, 5) is 25.5. The molecule has 0 radical (unpaired) electrons. The Morgan fingerprint density at radius 2 is 1.97 bits per heavy atom. The third-order valence-electron chi connectivity index (χ3n) is 7.89. The molecule has 2 bridgehead atoms. The minimum Gasteiger partial charge on any atom is -0.444 e. The van der Waals surface area contributed by atoms with Crippen LogP contribution in [0.25, 0.3) is 16.7 Å². The molecule has 3 aromatic rings. The standard InChI is InChI=1S/C28H36FN7O3/c1-16-8-18-12-31-36(25-10-24(32-17(2)33-25)35-15-28(30)11-19(35)14-38-28)23(18)9-21(16)20-6-7-34(13-22(20)29)26(37)39-27(3,4)5/h8-10,12,19-20,22H,6-7,11,13-15,30H2,1-5H3. The Kier molecular flexibility index (Phi) is 6.07. The first-order valence-corrected chi connectivity index (χ1v) is 13.5. The first kappa shape index (κ1) is 25.9. The Morgan fingerprint density at radius 3 is 2.64 bits per heavy atom. The molecule has 3 aliphatic heterocycles. The Bertz CT molecular complexity index is 1440. The molecule has 6 rings (SSSR count). The van der Waals surface area contributed by atoms with Gasteiger partial charge in [0, 0.05) is 30.3 Å². The smallest absolute Gasteiger partial charge is 0.410 e. The molecule has 0 saturated carbocycles. The molecule has 39 heavy (non-hydrogen) atoms. The number of fused-ring (bicyclic) bond motifs is 3. The van der Waals surface area contributed by atoms with Gasteiger partial charge < -0.3 is 25.0 Å². The van der Waals surface area contributed by atoms with Crippen LogP contribution in [0, 0.1) is 13.8 Å². The zero-order chi connectivity index (χ0) is 27.7. The summed E-state index contributed by atoms with van der Waals surface area (Å²) in [5, 5.41) is 5.60. The zero-order valence-corrected chi connectivity index (χ0v) is 23.1. The van der Waals surface area contributed by atoms with Crippen molar-refractivity contribution in [1.29, 1.82) is 0 Å². The second-order valence-electron chi connectivity index (χ2n) is 12.2. The number of amides is 1. The Labute approximate surface area is 227 Å². The number of halogens is 1. The van der Waals surface area contributed by atoms with E-state index in [1.54, 1.807) is 4.68 Å². The van der Waals surface area contributed by atoms with Crippen molar-refractivity contribution in [2.24, 2.45) is 5.73 Å². The van der Waals surface area contributed by atoms with Gasteiger partial charge in [-0.1, -0.05) is 0 Å². The van der Waals surface area contributed by atoms with Crippen LogP contribution in [0.3, 0.4) is 0 Å².